The molecular weight excluding hydrogens is 158 g/mol. The van der Waals surface area contributed by atoms with Gasteiger partial charge in [0, 0.05) is 10.9 Å². The lowest BCUT2D eigenvalue weighted by atomic mass is 10.3. The third-order valence-corrected chi connectivity index (χ3v) is 1.90. The zero-order chi connectivity index (χ0) is 7.52. The summed E-state index contributed by atoms with van der Waals surface area (Å²) >= 11 is 1.42. The van der Waals surface area contributed by atoms with Crippen LogP contribution in [0.5, 0.6) is 0 Å². The van der Waals surface area contributed by atoms with Gasteiger partial charge >= 0.3 is 0 Å². The molecule has 0 fully saturated rings. The molecule has 0 radical (unpaired) electrons. The predicted molar refractivity (Wildman–Crippen MR) is 40.8 cm³/mol. The van der Waals surface area contributed by atoms with Gasteiger partial charge < -0.3 is 0 Å². The van der Waals surface area contributed by atoms with Crippen LogP contribution in [0.15, 0.2) is 18.5 Å². The molecule has 2 rings (SSSR count). The maximum atomic E-state index is 3.96. The average Bonchev–Trinajstić information content (AvgIpc) is 2.58. The zero-order valence-corrected chi connectivity index (χ0v) is 6.30. The van der Waals surface area contributed by atoms with Crippen LogP contribution in [0.2, 0.25) is 0 Å². The number of hydrogen-bond donors (Lipinski definition) is 0. The van der Waals surface area contributed by atoms with Crippen molar-refractivity contribution in [1.29, 1.82) is 0 Å². The molecule has 0 atom stereocenters. The van der Waals surface area contributed by atoms with Gasteiger partial charge in [-0.25, -0.2) is 0 Å². The molecular formula is C7H3N3S. The second-order valence-corrected chi connectivity index (χ2v) is 2.66. The fraction of sp³-hybridized carbons (Fsp3) is 0. The molecule has 0 aliphatic rings. The van der Waals surface area contributed by atoms with Crippen molar-refractivity contribution in [3.05, 3.63) is 30.0 Å². The van der Waals surface area contributed by atoms with Crippen molar-refractivity contribution >= 4 is 11.3 Å². The van der Waals surface area contributed by atoms with E-state index in [9.17, 15) is 0 Å². The van der Waals surface area contributed by atoms with Gasteiger partial charge in [0.15, 0.2) is 0 Å². The van der Waals surface area contributed by atoms with Gasteiger partial charge in [0.05, 0.1) is 18.6 Å². The third-order valence-electron chi connectivity index (χ3n) is 1.18. The first kappa shape index (κ1) is 6.25. The van der Waals surface area contributed by atoms with E-state index in [-0.39, 0.29) is 0 Å². The molecule has 0 amide bonds. The summed E-state index contributed by atoms with van der Waals surface area (Å²) in [4.78, 5) is 3.96. The number of hydrogen-bond acceptors (Lipinski definition) is 4. The summed E-state index contributed by atoms with van der Waals surface area (Å²) in [7, 11) is 0. The molecule has 0 saturated carbocycles. The Hall–Kier alpha value is -1.47. The summed E-state index contributed by atoms with van der Waals surface area (Å²) in [5.74, 6) is 0. The fourth-order valence-corrected chi connectivity index (χ4v) is 1.23. The Morgan fingerprint density at radius 3 is 3.00 bits per heavy atom. The molecule has 2 aromatic heterocycles. The largest absolute Gasteiger partial charge is 0.184 e. The molecule has 0 saturated heterocycles. The minimum atomic E-state index is 0.875. The van der Waals surface area contributed by atoms with Gasteiger partial charge in [0.2, 0.25) is 0 Å². The van der Waals surface area contributed by atoms with E-state index in [4.69, 9.17) is 0 Å². The van der Waals surface area contributed by atoms with Crippen molar-refractivity contribution in [1.82, 2.24) is 15.2 Å². The van der Waals surface area contributed by atoms with Crippen LogP contribution in [0, 0.1) is 11.6 Å². The predicted octanol–water partition coefficient (Wildman–Crippen LogP) is 1.20. The molecule has 11 heavy (non-hydrogen) atoms. The number of aromatic nitrogens is 3. The molecule has 0 N–H and O–H groups in total. The van der Waals surface area contributed by atoms with Crippen LogP contribution in [0.1, 0.15) is 0 Å². The highest BCUT2D eigenvalue weighted by atomic mass is 32.1. The molecule has 0 spiro atoms. The molecule has 2 heterocycles. The number of rotatable bonds is 1. The first-order valence-corrected chi connectivity index (χ1v) is 3.80. The van der Waals surface area contributed by atoms with E-state index in [1.54, 1.807) is 12.4 Å². The Morgan fingerprint density at radius 2 is 2.36 bits per heavy atom. The van der Waals surface area contributed by atoms with E-state index >= 15 is 0 Å². The molecule has 52 valence electrons. The van der Waals surface area contributed by atoms with Gasteiger partial charge in [-0.05, 0) is 6.07 Å². The smallest absolute Gasteiger partial charge is 0.144 e. The van der Waals surface area contributed by atoms with Gasteiger partial charge in [-0.3, -0.25) is 0 Å². The normalized spacial score (nSPS) is 9.09. The Kier molecular flexibility index (Phi) is 1.50. The lowest BCUT2D eigenvalue weighted by Gasteiger charge is -1.89. The standard InChI is InChI=1S/C7H3N3S/c1-2-9-10-5-6(1)7-8-3-4-11-7/h1-2,5H. The second-order valence-electron chi connectivity index (χ2n) is 1.86. The Bertz CT molecular complexity index is 317. The van der Waals surface area contributed by atoms with Crippen LogP contribution in [0.3, 0.4) is 0 Å². The van der Waals surface area contributed by atoms with Crippen molar-refractivity contribution in [2.45, 2.75) is 0 Å². The Labute approximate surface area is 67.8 Å². The molecule has 0 unspecified atom stereocenters. The third kappa shape index (κ3) is 1.18. The summed E-state index contributed by atoms with van der Waals surface area (Å²) in [6.07, 6.45) is 5.93. The summed E-state index contributed by atoms with van der Waals surface area (Å²) in [5.41, 5.74) is 0.961. The van der Waals surface area contributed by atoms with E-state index in [1.807, 2.05) is 6.07 Å². The topological polar surface area (TPSA) is 38.7 Å². The van der Waals surface area contributed by atoms with E-state index in [2.05, 4.69) is 26.8 Å². The maximum absolute atomic E-state index is 3.96. The van der Waals surface area contributed by atoms with Crippen LogP contribution in [-0.2, 0) is 0 Å². The summed E-state index contributed by atoms with van der Waals surface area (Å²) in [6, 6.07) is 1.85. The van der Waals surface area contributed by atoms with Crippen molar-refractivity contribution in [3.8, 4) is 10.6 Å². The van der Waals surface area contributed by atoms with E-state index in [0.29, 0.717) is 0 Å². The first-order chi connectivity index (χ1) is 5.47. The maximum Gasteiger partial charge on any atom is 0.144 e. The van der Waals surface area contributed by atoms with Crippen LogP contribution in [0.4, 0.5) is 0 Å². The monoisotopic (exact) mass is 161 g/mol. The Morgan fingerprint density at radius 1 is 1.36 bits per heavy atom. The highest BCUT2D eigenvalue weighted by molar-refractivity contribution is 7.12. The fourth-order valence-electron chi connectivity index (χ4n) is 0.708. The lowest BCUT2D eigenvalue weighted by molar-refractivity contribution is 1.03. The van der Waals surface area contributed by atoms with Crippen molar-refractivity contribution in [2.24, 2.45) is 0 Å². The van der Waals surface area contributed by atoms with Crippen LogP contribution >= 0.6 is 11.3 Å². The molecule has 0 aliphatic heterocycles. The number of nitrogens with zero attached hydrogens (tertiary/aromatic N) is 3. The van der Waals surface area contributed by atoms with E-state index < -0.39 is 0 Å². The molecule has 0 aliphatic carbocycles. The SMILES string of the molecule is c1nc(-c2ccnnc2)sc#1. The molecule has 3 nitrogen and oxygen atoms in total. The van der Waals surface area contributed by atoms with Crippen LogP contribution < -0.4 is 0 Å². The van der Waals surface area contributed by atoms with Crippen molar-refractivity contribution in [3.63, 3.8) is 0 Å². The Balaban J connectivity index is 2.46. The summed E-state index contributed by atoms with van der Waals surface area (Å²) < 4.78 is 0. The van der Waals surface area contributed by atoms with Gasteiger partial charge in [0.1, 0.15) is 5.01 Å². The summed E-state index contributed by atoms with van der Waals surface area (Å²) in [6.45, 7) is 0. The molecule has 2 aromatic rings. The van der Waals surface area contributed by atoms with E-state index in [0.717, 1.165) is 10.6 Å². The lowest BCUT2D eigenvalue weighted by Crippen LogP contribution is -1.80. The minimum absolute atomic E-state index is 0.875. The second kappa shape index (κ2) is 2.64. The zero-order valence-electron chi connectivity index (χ0n) is 5.48. The van der Waals surface area contributed by atoms with Gasteiger partial charge in [-0.2, -0.15) is 15.2 Å². The molecule has 0 bridgehead atoms. The van der Waals surface area contributed by atoms with Crippen LogP contribution in [-0.4, -0.2) is 15.2 Å². The molecule has 0 aromatic carbocycles. The van der Waals surface area contributed by atoms with Crippen molar-refractivity contribution in [2.75, 3.05) is 0 Å². The first-order valence-electron chi connectivity index (χ1n) is 2.98. The summed E-state index contributed by atoms with van der Waals surface area (Å²) in [5, 5.41) is 11.1. The van der Waals surface area contributed by atoms with Gasteiger partial charge in [-0.15, -0.1) is 0 Å². The molecule has 4 heteroatoms. The average molecular weight is 161 g/mol. The van der Waals surface area contributed by atoms with E-state index in [1.165, 1.54) is 11.3 Å². The highest BCUT2D eigenvalue weighted by Crippen LogP contribution is 2.16. The van der Waals surface area contributed by atoms with Crippen LogP contribution in [0.25, 0.3) is 10.6 Å². The van der Waals surface area contributed by atoms with Crippen molar-refractivity contribution < 1.29 is 0 Å². The highest BCUT2D eigenvalue weighted by Gasteiger charge is 1.97. The minimum Gasteiger partial charge on any atom is -0.184 e. The van der Waals surface area contributed by atoms with Gasteiger partial charge in [0.25, 0.3) is 0 Å². The quantitative estimate of drug-likeness (QED) is 0.630. The van der Waals surface area contributed by atoms with Gasteiger partial charge in [-0.1, -0.05) is 11.3 Å².